The number of carbonyl (C=O) groups is 1. The summed E-state index contributed by atoms with van der Waals surface area (Å²) < 4.78 is 13.3. The van der Waals surface area contributed by atoms with Crippen molar-refractivity contribution in [1.82, 2.24) is 0 Å². The molecule has 80 valence electrons. The third-order valence-corrected chi connectivity index (χ3v) is 2.90. The number of benzene rings is 1. The van der Waals surface area contributed by atoms with Crippen LogP contribution in [0.5, 0.6) is 0 Å². The fourth-order valence-electron chi connectivity index (χ4n) is 1.50. The summed E-state index contributed by atoms with van der Waals surface area (Å²) in [7, 11) is 0. The largest absolute Gasteiger partial charge is 0.323 e. The molecule has 2 rings (SSSR count). The van der Waals surface area contributed by atoms with Crippen molar-refractivity contribution in [3.05, 3.63) is 29.0 Å². The number of nitrogens with one attached hydrogen (secondary N) is 1. The monoisotopic (exact) mass is 227 g/mol. The Labute approximate surface area is 92.4 Å². The maximum absolute atomic E-state index is 13.3. The Kier molecular flexibility index (Phi) is 2.91. The van der Waals surface area contributed by atoms with Crippen LogP contribution in [0.3, 0.4) is 0 Å². The van der Waals surface area contributed by atoms with Crippen LogP contribution >= 0.6 is 11.6 Å². The molecular formula is C11H11ClFNO. The van der Waals surface area contributed by atoms with Crippen molar-refractivity contribution in [2.75, 3.05) is 5.32 Å². The van der Waals surface area contributed by atoms with Crippen molar-refractivity contribution >= 4 is 23.2 Å². The molecule has 0 radical (unpaired) electrons. The van der Waals surface area contributed by atoms with E-state index >= 15 is 0 Å². The first-order valence-corrected chi connectivity index (χ1v) is 5.30. The fourth-order valence-corrected chi connectivity index (χ4v) is 1.65. The zero-order chi connectivity index (χ0) is 10.8. The van der Waals surface area contributed by atoms with E-state index in [1.54, 1.807) is 6.07 Å². The van der Waals surface area contributed by atoms with Gasteiger partial charge in [0.1, 0.15) is 5.82 Å². The van der Waals surface area contributed by atoms with Gasteiger partial charge in [-0.05, 0) is 31.0 Å². The summed E-state index contributed by atoms with van der Waals surface area (Å²) in [6.07, 6.45) is 2.89. The second-order valence-corrected chi connectivity index (χ2v) is 4.18. The summed E-state index contributed by atoms with van der Waals surface area (Å²) in [4.78, 5) is 11.5. The number of amides is 1. The minimum absolute atomic E-state index is 0.0556. The average Bonchev–Trinajstić information content (AvgIpc) is 2.07. The molecule has 1 aromatic carbocycles. The predicted molar refractivity (Wildman–Crippen MR) is 57.4 cm³/mol. The van der Waals surface area contributed by atoms with Crippen molar-refractivity contribution < 1.29 is 9.18 Å². The van der Waals surface area contributed by atoms with Crippen LogP contribution in [-0.4, -0.2) is 5.91 Å². The summed E-state index contributed by atoms with van der Waals surface area (Å²) >= 11 is 5.60. The Hall–Kier alpha value is -1.09. The summed E-state index contributed by atoms with van der Waals surface area (Å²) in [5.41, 5.74) is 0.205. The third kappa shape index (κ3) is 2.29. The van der Waals surface area contributed by atoms with Crippen LogP contribution in [0.4, 0.5) is 10.1 Å². The van der Waals surface area contributed by atoms with Crippen molar-refractivity contribution in [3.8, 4) is 0 Å². The molecule has 0 aliphatic heterocycles. The lowest BCUT2D eigenvalue weighted by Crippen LogP contribution is -2.28. The number of halogens is 2. The zero-order valence-electron chi connectivity index (χ0n) is 8.09. The number of rotatable bonds is 2. The van der Waals surface area contributed by atoms with Crippen LogP contribution in [-0.2, 0) is 4.79 Å². The minimum atomic E-state index is -0.491. The van der Waals surface area contributed by atoms with Gasteiger partial charge in [0, 0.05) is 10.9 Å². The fraction of sp³-hybridized carbons (Fsp3) is 0.364. The molecule has 15 heavy (non-hydrogen) atoms. The van der Waals surface area contributed by atoms with Crippen molar-refractivity contribution in [2.24, 2.45) is 5.92 Å². The molecule has 1 amide bonds. The topological polar surface area (TPSA) is 29.1 Å². The second kappa shape index (κ2) is 4.19. The third-order valence-electron chi connectivity index (χ3n) is 2.66. The highest BCUT2D eigenvalue weighted by atomic mass is 35.5. The van der Waals surface area contributed by atoms with Crippen LogP contribution in [0, 0.1) is 11.7 Å². The lowest BCUT2D eigenvalue weighted by molar-refractivity contribution is -0.122. The Morgan fingerprint density at radius 1 is 1.47 bits per heavy atom. The predicted octanol–water partition coefficient (Wildman–Crippen LogP) is 3.22. The molecule has 1 aliphatic rings. The van der Waals surface area contributed by atoms with E-state index in [0.29, 0.717) is 5.02 Å². The zero-order valence-corrected chi connectivity index (χ0v) is 8.85. The average molecular weight is 228 g/mol. The molecule has 0 spiro atoms. The van der Waals surface area contributed by atoms with E-state index in [1.807, 2.05) is 0 Å². The summed E-state index contributed by atoms with van der Waals surface area (Å²) in [5, 5.41) is 2.89. The smallest absolute Gasteiger partial charge is 0.227 e. The van der Waals surface area contributed by atoms with E-state index in [0.717, 1.165) is 19.3 Å². The quantitative estimate of drug-likeness (QED) is 0.826. The maximum atomic E-state index is 13.3. The molecule has 1 fully saturated rings. The van der Waals surface area contributed by atoms with E-state index < -0.39 is 5.82 Å². The lowest BCUT2D eigenvalue weighted by Gasteiger charge is -2.24. The second-order valence-electron chi connectivity index (χ2n) is 3.74. The van der Waals surface area contributed by atoms with Gasteiger partial charge >= 0.3 is 0 Å². The molecular weight excluding hydrogens is 217 g/mol. The maximum Gasteiger partial charge on any atom is 0.227 e. The summed E-state index contributed by atoms with van der Waals surface area (Å²) in [5.74, 6) is -0.530. The minimum Gasteiger partial charge on any atom is -0.323 e. The van der Waals surface area contributed by atoms with E-state index in [4.69, 9.17) is 11.6 Å². The first-order chi connectivity index (χ1) is 7.16. The summed E-state index contributed by atoms with van der Waals surface area (Å²) in [6.45, 7) is 0. The van der Waals surface area contributed by atoms with Crippen LogP contribution in [0.2, 0.25) is 5.02 Å². The van der Waals surface area contributed by atoms with Gasteiger partial charge in [0.05, 0.1) is 5.69 Å². The van der Waals surface area contributed by atoms with Gasteiger partial charge in [-0.25, -0.2) is 4.39 Å². The standard InChI is InChI=1S/C11H11ClFNO/c12-8-4-5-10(9(13)6-8)14-11(15)7-2-1-3-7/h4-7H,1-3H2,(H,14,15). The molecule has 0 bridgehead atoms. The van der Waals surface area contributed by atoms with Gasteiger partial charge in [-0.15, -0.1) is 0 Å². The van der Waals surface area contributed by atoms with Crippen molar-refractivity contribution in [3.63, 3.8) is 0 Å². The highest BCUT2D eigenvalue weighted by Gasteiger charge is 2.25. The van der Waals surface area contributed by atoms with Gasteiger partial charge in [-0.3, -0.25) is 4.79 Å². The lowest BCUT2D eigenvalue weighted by atomic mass is 9.85. The van der Waals surface area contributed by atoms with E-state index in [-0.39, 0.29) is 17.5 Å². The normalized spacial score (nSPS) is 15.9. The van der Waals surface area contributed by atoms with Crippen LogP contribution in [0.25, 0.3) is 0 Å². The van der Waals surface area contributed by atoms with Gasteiger partial charge in [0.2, 0.25) is 5.91 Å². The first kappa shape index (κ1) is 10.4. The van der Waals surface area contributed by atoms with Gasteiger partial charge < -0.3 is 5.32 Å². The Bertz CT molecular complexity index is 390. The van der Waals surface area contributed by atoms with Gasteiger partial charge in [0.25, 0.3) is 0 Å². The van der Waals surface area contributed by atoms with E-state index in [9.17, 15) is 9.18 Å². The molecule has 0 saturated heterocycles. The van der Waals surface area contributed by atoms with E-state index in [2.05, 4.69) is 5.32 Å². The van der Waals surface area contributed by atoms with Crippen LogP contribution in [0.15, 0.2) is 18.2 Å². The number of carbonyl (C=O) groups excluding carboxylic acids is 1. The Balaban J connectivity index is 2.06. The van der Waals surface area contributed by atoms with E-state index in [1.165, 1.54) is 12.1 Å². The van der Waals surface area contributed by atoms with Crippen LogP contribution in [0.1, 0.15) is 19.3 Å². The molecule has 0 unspecified atom stereocenters. The van der Waals surface area contributed by atoms with Gasteiger partial charge in [0.15, 0.2) is 0 Å². The van der Waals surface area contributed by atoms with Crippen molar-refractivity contribution in [2.45, 2.75) is 19.3 Å². The molecule has 1 aromatic rings. The molecule has 1 saturated carbocycles. The highest BCUT2D eigenvalue weighted by Crippen LogP contribution is 2.28. The molecule has 2 nitrogen and oxygen atoms in total. The molecule has 1 N–H and O–H groups in total. The Morgan fingerprint density at radius 3 is 2.73 bits per heavy atom. The highest BCUT2D eigenvalue weighted by molar-refractivity contribution is 6.30. The SMILES string of the molecule is O=C(Nc1ccc(Cl)cc1F)C1CCC1. The molecule has 1 aliphatic carbocycles. The number of hydrogen-bond donors (Lipinski definition) is 1. The van der Waals surface area contributed by atoms with Crippen LogP contribution < -0.4 is 5.32 Å². The summed E-state index contributed by atoms with van der Waals surface area (Å²) in [6, 6.07) is 4.23. The molecule has 4 heteroatoms. The Morgan fingerprint density at radius 2 is 2.20 bits per heavy atom. The number of anilines is 1. The molecule has 0 atom stereocenters. The van der Waals surface area contributed by atoms with Gasteiger partial charge in [-0.1, -0.05) is 18.0 Å². The van der Waals surface area contributed by atoms with Crippen molar-refractivity contribution in [1.29, 1.82) is 0 Å². The number of hydrogen-bond acceptors (Lipinski definition) is 1. The first-order valence-electron chi connectivity index (χ1n) is 4.93. The molecule has 0 aromatic heterocycles. The van der Waals surface area contributed by atoms with Gasteiger partial charge in [-0.2, -0.15) is 0 Å². The molecule has 0 heterocycles.